The number of nitrogens with one attached hydrogen (secondary N) is 3. The summed E-state index contributed by atoms with van der Waals surface area (Å²) < 4.78 is 10.6. The van der Waals surface area contributed by atoms with Crippen LogP contribution in [0.1, 0.15) is 56.3 Å². The molecule has 10 nitrogen and oxygen atoms in total. The van der Waals surface area contributed by atoms with E-state index in [2.05, 4.69) is 22.9 Å². The van der Waals surface area contributed by atoms with Gasteiger partial charge < -0.3 is 30.5 Å². The number of rotatable bonds is 20. The predicted molar refractivity (Wildman–Crippen MR) is 132 cm³/mol. The topological polar surface area (TPSA) is 143 Å². The minimum atomic E-state index is -0.913. The highest BCUT2D eigenvalue weighted by molar-refractivity contribution is 5.94. The summed E-state index contributed by atoms with van der Waals surface area (Å²) in [6.07, 6.45) is 2.33. The van der Waals surface area contributed by atoms with Gasteiger partial charge in [0.25, 0.3) is 5.91 Å². The molecule has 0 aliphatic heterocycles. The predicted octanol–water partition coefficient (Wildman–Crippen LogP) is 2.24. The quantitative estimate of drug-likeness (QED) is 0.203. The van der Waals surface area contributed by atoms with Crippen molar-refractivity contribution in [2.75, 3.05) is 51.4 Å². The molecule has 0 spiro atoms. The number of carbonyl (C=O) groups is 4. The van der Waals surface area contributed by atoms with Gasteiger partial charge in [-0.2, -0.15) is 0 Å². The number of ketones is 1. The van der Waals surface area contributed by atoms with Crippen LogP contribution in [0, 0.1) is 5.92 Å². The van der Waals surface area contributed by atoms with E-state index in [1.54, 1.807) is 19.1 Å². The van der Waals surface area contributed by atoms with Gasteiger partial charge in [-0.15, -0.1) is 0 Å². The third-order valence-electron chi connectivity index (χ3n) is 5.07. The minimum Gasteiger partial charge on any atom is -0.481 e. The first-order valence-electron chi connectivity index (χ1n) is 12.1. The maximum Gasteiger partial charge on any atom is 0.306 e. The Morgan fingerprint density at radius 1 is 0.914 bits per heavy atom. The first-order chi connectivity index (χ1) is 16.8. The van der Waals surface area contributed by atoms with Crippen molar-refractivity contribution in [3.8, 4) is 0 Å². The van der Waals surface area contributed by atoms with E-state index >= 15 is 0 Å². The molecule has 0 saturated heterocycles. The van der Waals surface area contributed by atoms with E-state index in [-0.39, 0.29) is 37.2 Å². The van der Waals surface area contributed by atoms with Gasteiger partial charge in [0, 0.05) is 43.7 Å². The average Bonchev–Trinajstić information content (AvgIpc) is 2.85. The van der Waals surface area contributed by atoms with Gasteiger partial charge in [-0.1, -0.05) is 13.8 Å². The Hall–Kier alpha value is -2.98. The largest absolute Gasteiger partial charge is 0.481 e. The zero-order valence-corrected chi connectivity index (χ0v) is 20.8. The maximum absolute atomic E-state index is 12.2. The van der Waals surface area contributed by atoms with Crippen molar-refractivity contribution < 1.29 is 33.8 Å². The molecule has 35 heavy (non-hydrogen) atoms. The van der Waals surface area contributed by atoms with E-state index in [9.17, 15) is 19.2 Å². The van der Waals surface area contributed by atoms with Crippen LogP contribution in [0.4, 0.5) is 5.69 Å². The number of ether oxygens (including phenoxy) is 2. The summed E-state index contributed by atoms with van der Waals surface area (Å²) >= 11 is 0. The third-order valence-corrected chi connectivity index (χ3v) is 5.07. The fourth-order valence-corrected chi connectivity index (χ4v) is 2.90. The summed E-state index contributed by atoms with van der Waals surface area (Å²) in [4.78, 5) is 46.3. The molecule has 2 amide bonds. The molecule has 0 aliphatic carbocycles. The third kappa shape index (κ3) is 14.8. The van der Waals surface area contributed by atoms with Gasteiger partial charge in [0.1, 0.15) is 6.61 Å². The number of carbonyl (C=O) groups excluding carboxylic acids is 3. The van der Waals surface area contributed by atoms with Crippen molar-refractivity contribution in [2.24, 2.45) is 5.92 Å². The smallest absolute Gasteiger partial charge is 0.306 e. The van der Waals surface area contributed by atoms with E-state index in [1.807, 2.05) is 12.1 Å². The molecule has 0 aromatic heterocycles. The lowest BCUT2D eigenvalue weighted by Gasteiger charge is -2.09. The molecule has 0 saturated carbocycles. The molecule has 0 fully saturated rings. The van der Waals surface area contributed by atoms with Gasteiger partial charge in [0.05, 0.1) is 25.7 Å². The van der Waals surface area contributed by atoms with Gasteiger partial charge >= 0.3 is 5.97 Å². The number of hydrogen-bond acceptors (Lipinski definition) is 7. The van der Waals surface area contributed by atoms with Crippen LogP contribution in [0.15, 0.2) is 24.3 Å². The molecule has 1 atom stereocenters. The second-order valence-corrected chi connectivity index (χ2v) is 8.20. The zero-order chi connectivity index (χ0) is 25.9. The number of aliphatic carboxylic acids is 1. The Balaban J connectivity index is 1.98. The monoisotopic (exact) mass is 493 g/mol. The Labute approximate surface area is 207 Å². The first kappa shape index (κ1) is 30.1. The number of benzene rings is 1. The molecule has 0 bridgehead atoms. The van der Waals surface area contributed by atoms with Crippen molar-refractivity contribution in [3.05, 3.63) is 29.8 Å². The Morgan fingerprint density at radius 2 is 1.63 bits per heavy atom. The fourth-order valence-electron chi connectivity index (χ4n) is 2.90. The van der Waals surface area contributed by atoms with Gasteiger partial charge in [-0.3, -0.25) is 19.2 Å². The molecule has 1 aromatic carbocycles. The lowest BCUT2D eigenvalue weighted by atomic mass is 10.1. The molecular weight excluding hydrogens is 454 g/mol. The van der Waals surface area contributed by atoms with Crippen LogP contribution in [0.25, 0.3) is 0 Å². The van der Waals surface area contributed by atoms with Gasteiger partial charge in [0.15, 0.2) is 5.78 Å². The number of amides is 2. The summed E-state index contributed by atoms with van der Waals surface area (Å²) in [7, 11) is 0. The normalized spacial score (nSPS) is 11.5. The molecule has 10 heteroatoms. The summed E-state index contributed by atoms with van der Waals surface area (Å²) in [5.41, 5.74) is 1.56. The van der Waals surface area contributed by atoms with Gasteiger partial charge in [-0.25, -0.2) is 0 Å². The number of Topliss-reactive ketones (excluding diaryl/α,β-unsaturated/α-hetero) is 1. The van der Waals surface area contributed by atoms with Crippen molar-refractivity contribution in [1.82, 2.24) is 10.6 Å². The van der Waals surface area contributed by atoms with E-state index in [0.717, 1.165) is 18.7 Å². The molecule has 1 rings (SSSR count). The van der Waals surface area contributed by atoms with E-state index in [0.29, 0.717) is 51.1 Å². The van der Waals surface area contributed by atoms with E-state index in [4.69, 9.17) is 14.6 Å². The van der Waals surface area contributed by atoms with Gasteiger partial charge in [-0.05, 0) is 43.5 Å². The summed E-state index contributed by atoms with van der Waals surface area (Å²) in [5, 5.41) is 17.5. The van der Waals surface area contributed by atoms with Crippen molar-refractivity contribution in [1.29, 1.82) is 0 Å². The van der Waals surface area contributed by atoms with E-state index in [1.165, 1.54) is 0 Å². The average molecular weight is 494 g/mol. The highest BCUT2D eigenvalue weighted by atomic mass is 16.5. The lowest BCUT2D eigenvalue weighted by molar-refractivity contribution is -0.141. The lowest BCUT2D eigenvalue weighted by Crippen LogP contribution is -2.28. The molecule has 196 valence electrons. The van der Waals surface area contributed by atoms with Crippen molar-refractivity contribution >= 4 is 29.3 Å². The molecule has 4 N–H and O–H groups in total. The van der Waals surface area contributed by atoms with Gasteiger partial charge in [0.2, 0.25) is 5.91 Å². The van der Waals surface area contributed by atoms with E-state index < -0.39 is 11.9 Å². The minimum absolute atomic E-state index is 0.0119. The summed E-state index contributed by atoms with van der Waals surface area (Å²) in [6, 6.07) is 7.28. The molecule has 1 unspecified atom stereocenters. The maximum atomic E-state index is 12.2. The number of carboxylic acid groups (broad SMARTS) is 1. The van der Waals surface area contributed by atoms with Crippen molar-refractivity contribution in [3.63, 3.8) is 0 Å². The number of anilines is 1. The molecule has 0 aliphatic rings. The SMILES string of the molecule is CCCNc1ccc(C(=O)NCCCC(=O)COCCOCCNC(=O)CCC(C)C(=O)O)cc1. The van der Waals surface area contributed by atoms with Crippen LogP contribution in [0.2, 0.25) is 0 Å². The Bertz CT molecular complexity index is 784. The summed E-state index contributed by atoms with van der Waals surface area (Å²) in [6.45, 7) is 6.11. The van der Waals surface area contributed by atoms with Crippen LogP contribution in [-0.2, 0) is 23.9 Å². The molecule has 0 radical (unpaired) electrons. The first-order valence-corrected chi connectivity index (χ1v) is 12.1. The molecule has 0 heterocycles. The standard InChI is InChI=1S/C25H39N3O7/c1-3-12-26-21-9-7-20(8-10-21)24(31)28-13-4-5-22(29)18-35-17-16-34-15-14-27-23(30)11-6-19(2)25(32)33/h7-10,19,26H,3-6,11-18H2,1-2H3,(H,27,30)(H,28,31)(H,32,33). The molecule has 1 aromatic rings. The second-order valence-electron chi connectivity index (χ2n) is 8.20. The van der Waals surface area contributed by atoms with Crippen LogP contribution in [0.3, 0.4) is 0 Å². The summed E-state index contributed by atoms with van der Waals surface area (Å²) in [5.74, 6) is -1.89. The Kier molecular flexibility index (Phi) is 15.8. The zero-order valence-electron chi connectivity index (χ0n) is 20.8. The van der Waals surface area contributed by atoms with Crippen molar-refractivity contribution in [2.45, 2.75) is 46.0 Å². The highest BCUT2D eigenvalue weighted by Gasteiger charge is 2.12. The van der Waals surface area contributed by atoms with Crippen LogP contribution >= 0.6 is 0 Å². The second kappa shape index (κ2) is 18.4. The van der Waals surface area contributed by atoms with Crippen LogP contribution < -0.4 is 16.0 Å². The number of carboxylic acids is 1. The van der Waals surface area contributed by atoms with Crippen LogP contribution in [0.5, 0.6) is 0 Å². The fraction of sp³-hybridized carbons (Fsp3) is 0.600. The number of hydrogen-bond donors (Lipinski definition) is 4. The Morgan fingerprint density at radius 3 is 2.31 bits per heavy atom. The highest BCUT2D eigenvalue weighted by Crippen LogP contribution is 2.09. The van der Waals surface area contributed by atoms with Crippen LogP contribution in [-0.4, -0.2) is 74.7 Å². The molecular formula is C25H39N3O7.